The van der Waals surface area contributed by atoms with Crippen molar-refractivity contribution in [2.24, 2.45) is 0 Å². The van der Waals surface area contributed by atoms with E-state index in [4.69, 9.17) is 4.74 Å². The van der Waals surface area contributed by atoms with E-state index >= 15 is 0 Å². The Morgan fingerprint density at radius 3 is 2.65 bits per heavy atom. The van der Waals surface area contributed by atoms with E-state index in [2.05, 4.69) is 5.32 Å². The summed E-state index contributed by atoms with van der Waals surface area (Å²) < 4.78 is 27.9. The van der Waals surface area contributed by atoms with Gasteiger partial charge in [0, 0.05) is 6.04 Å². The molecule has 2 atom stereocenters. The molecular weight excluding hydrogens is 318 g/mol. The number of esters is 1. The molecule has 23 heavy (non-hydrogen) atoms. The molecule has 1 N–H and O–H groups in total. The van der Waals surface area contributed by atoms with Gasteiger partial charge in [0.1, 0.15) is 0 Å². The molecule has 126 valence electrons. The molecule has 6 nitrogen and oxygen atoms in total. The molecule has 0 bridgehead atoms. The highest BCUT2D eigenvalue weighted by atomic mass is 32.2. The van der Waals surface area contributed by atoms with Crippen molar-refractivity contribution in [1.29, 1.82) is 0 Å². The maximum atomic E-state index is 12.0. The van der Waals surface area contributed by atoms with Gasteiger partial charge in [0.25, 0.3) is 5.91 Å². The van der Waals surface area contributed by atoms with E-state index in [9.17, 15) is 18.0 Å². The number of benzene rings is 1. The van der Waals surface area contributed by atoms with Gasteiger partial charge in [-0.1, -0.05) is 24.3 Å². The lowest BCUT2D eigenvalue weighted by Crippen LogP contribution is -2.42. The van der Waals surface area contributed by atoms with E-state index < -0.39 is 33.9 Å². The molecular formula is C16H21NO5S. The van der Waals surface area contributed by atoms with E-state index in [1.54, 1.807) is 0 Å². The summed E-state index contributed by atoms with van der Waals surface area (Å²) in [4.78, 5) is 23.9. The normalized spacial score (nSPS) is 20.7. The molecule has 0 unspecified atom stereocenters. The molecule has 1 aromatic rings. The number of hydrogen-bond donors (Lipinski definition) is 1. The minimum atomic E-state index is -3.06. The molecule has 7 heteroatoms. The molecule has 0 radical (unpaired) electrons. The average Bonchev–Trinajstić information content (AvgIpc) is 2.80. The number of sulfone groups is 1. The smallest absolute Gasteiger partial charge is 0.311 e. The number of rotatable bonds is 5. The third-order valence-electron chi connectivity index (χ3n) is 3.85. The molecule has 0 aromatic heterocycles. The molecule has 1 heterocycles. The van der Waals surface area contributed by atoms with Crippen molar-refractivity contribution in [3.8, 4) is 0 Å². The Morgan fingerprint density at radius 2 is 2.04 bits per heavy atom. The first kappa shape index (κ1) is 17.5. The Balaban J connectivity index is 1.84. The Morgan fingerprint density at radius 1 is 1.35 bits per heavy atom. The second kappa shape index (κ2) is 7.12. The zero-order valence-electron chi connectivity index (χ0n) is 13.2. The van der Waals surface area contributed by atoms with E-state index in [-0.39, 0.29) is 17.9 Å². The summed E-state index contributed by atoms with van der Waals surface area (Å²) in [6, 6.07) is 7.07. The SMILES string of the molecule is Cc1ccccc1CC(=O)O[C@H](C)C(=O)N[C@H]1CCS(=O)(=O)C1. The van der Waals surface area contributed by atoms with Gasteiger partial charge in [-0.25, -0.2) is 8.42 Å². The van der Waals surface area contributed by atoms with Gasteiger partial charge in [0.2, 0.25) is 0 Å². The van der Waals surface area contributed by atoms with E-state index in [1.165, 1.54) is 6.92 Å². The van der Waals surface area contributed by atoms with Gasteiger partial charge in [-0.15, -0.1) is 0 Å². The highest BCUT2D eigenvalue weighted by molar-refractivity contribution is 7.91. The summed E-state index contributed by atoms with van der Waals surface area (Å²) >= 11 is 0. The predicted molar refractivity (Wildman–Crippen MR) is 85.6 cm³/mol. The third kappa shape index (κ3) is 5.06. The summed E-state index contributed by atoms with van der Waals surface area (Å²) in [7, 11) is -3.06. The van der Waals surface area contributed by atoms with E-state index in [1.807, 2.05) is 31.2 Å². The van der Waals surface area contributed by atoms with E-state index in [0.29, 0.717) is 6.42 Å². The molecule has 1 amide bonds. The number of aryl methyl sites for hydroxylation is 1. The third-order valence-corrected chi connectivity index (χ3v) is 5.62. The lowest BCUT2D eigenvalue weighted by molar-refractivity contribution is -0.154. The van der Waals surface area contributed by atoms with Crippen LogP contribution >= 0.6 is 0 Å². The van der Waals surface area contributed by atoms with Crippen LogP contribution in [0.25, 0.3) is 0 Å². The molecule has 0 aliphatic carbocycles. The molecule has 1 fully saturated rings. The summed E-state index contributed by atoms with van der Waals surface area (Å²) in [6.45, 7) is 3.38. The van der Waals surface area contributed by atoms with E-state index in [0.717, 1.165) is 11.1 Å². The zero-order chi connectivity index (χ0) is 17.0. The second-order valence-electron chi connectivity index (χ2n) is 5.84. The largest absolute Gasteiger partial charge is 0.452 e. The molecule has 0 spiro atoms. The van der Waals surface area contributed by atoms with Crippen LogP contribution in [-0.4, -0.2) is 43.9 Å². The second-order valence-corrected chi connectivity index (χ2v) is 8.07. The van der Waals surface area contributed by atoms with Gasteiger partial charge < -0.3 is 10.1 Å². The fraction of sp³-hybridized carbons (Fsp3) is 0.500. The Hall–Kier alpha value is -1.89. The summed E-state index contributed by atoms with van der Waals surface area (Å²) in [5.41, 5.74) is 1.84. The molecule has 1 aliphatic heterocycles. The van der Waals surface area contributed by atoms with Crippen molar-refractivity contribution in [1.82, 2.24) is 5.32 Å². The summed E-state index contributed by atoms with van der Waals surface area (Å²) in [6.07, 6.45) is -0.449. The van der Waals surface area contributed by atoms with Crippen LogP contribution in [0.2, 0.25) is 0 Å². The van der Waals surface area contributed by atoms with Crippen molar-refractivity contribution in [2.75, 3.05) is 11.5 Å². The monoisotopic (exact) mass is 339 g/mol. The van der Waals surface area contributed by atoms with Crippen LogP contribution in [0.15, 0.2) is 24.3 Å². The number of ether oxygens (including phenoxy) is 1. The van der Waals surface area contributed by atoms with Gasteiger partial charge in [0.15, 0.2) is 15.9 Å². The number of carbonyl (C=O) groups is 2. The first-order valence-corrected chi connectivity index (χ1v) is 9.34. The van der Waals surface area contributed by atoms with Crippen molar-refractivity contribution in [3.63, 3.8) is 0 Å². The van der Waals surface area contributed by atoms with Crippen LogP contribution in [0.3, 0.4) is 0 Å². The lowest BCUT2D eigenvalue weighted by atomic mass is 10.1. The fourth-order valence-corrected chi connectivity index (χ4v) is 4.16. The van der Waals surface area contributed by atoms with Crippen molar-refractivity contribution in [2.45, 2.75) is 38.8 Å². The first-order valence-electron chi connectivity index (χ1n) is 7.51. The number of amides is 1. The molecule has 1 aromatic carbocycles. The van der Waals surface area contributed by atoms with Gasteiger partial charge in [-0.05, 0) is 31.4 Å². The number of nitrogens with one attached hydrogen (secondary N) is 1. The zero-order valence-corrected chi connectivity index (χ0v) is 14.1. The van der Waals surface area contributed by atoms with Gasteiger partial charge in [0.05, 0.1) is 17.9 Å². The number of carbonyl (C=O) groups excluding carboxylic acids is 2. The highest BCUT2D eigenvalue weighted by Gasteiger charge is 2.30. The first-order chi connectivity index (χ1) is 10.8. The Labute approximate surface area is 136 Å². The molecule has 0 saturated carbocycles. The lowest BCUT2D eigenvalue weighted by Gasteiger charge is -2.16. The van der Waals surface area contributed by atoms with Crippen LogP contribution in [-0.2, 0) is 30.6 Å². The minimum Gasteiger partial charge on any atom is -0.452 e. The number of hydrogen-bond acceptors (Lipinski definition) is 5. The molecule has 2 rings (SSSR count). The van der Waals surface area contributed by atoms with Gasteiger partial charge in [-0.2, -0.15) is 0 Å². The van der Waals surface area contributed by atoms with Crippen LogP contribution in [0.1, 0.15) is 24.5 Å². The minimum absolute atomic E-state index is 0.0530. The summed E-state index contributed by atoms with van der Waals surface area (Å²) in [5, 5.41) is 2.62. The average molecular weight is 339 g/mol. The topological polar surface area (TPSA) is 89.5 Å². The Kier molecular flexibility index (Phi) is 5.41. The van der Waals surface area contributed by atoms with Crippen molar-refractivity contribution in [3.05, 3.63) is 35.4 Å². The van der Waals surface area contributed by atoms with Crippen LogP contribution in [0.5, 0.6) is 0 Å². The van der Waals surface area contributed by atoms with Gasteiger partial charge in [-0.3, -0.25) is 9.59 Å². The van der Waals surface area contributed by atoms with Crippen LogP contribution in [0, 0.1) is 6.92 Å². The van der Waals surface area contributed by atoms with Crippen LogP contribution in [0.4, 0.5) is 0 Å². The predicted octanol–water partition coefficient (Wildman–Crippen LogP) is 0.773. The highest BCUT2D eigenvalue weighted by Crippen LogP contribution is 2.12. The van der Waals surface area contributed by atoms with Crippen LogP contribution < -0.4 is 5.32 Å². The maximum absolute atomic E-state index is 12.0. The standard InChI is InChI=1S/C16H21NO5S/c1-11-5-3-4-6-13(11)9-15(18)22-12(2)16(19)17-14-7-8-23(20,21)10-14/h3-6,12,14H,7-10H2,1-2H3,(H,17,19)/t12-,14+/m1/s1. The van der Waals surface area contributed by atoms with Gasteiger partial charge >= 0.3 is 5.97 Å². The van der Waals surface area contributed by atoms with Crippen molar-refractivity contribution >= 4 is 21.7 Å². The maximum Gasteiger partial charge on any atom is 0.311 e. The van der Waals surface area contributed by atoms with Crippen molar-refractivity contribution < 1.29 is 22.7 Å². The molecule has 1 saturated heterocycles. The quantitative estimate of drug-likeness (QED) is 0.801. The summed E-state index contributed by atoms with van der Waals surface area (Å²) in [5.74, 6) is -0.923. The fourth-order valence-electron chi connectivity index (χ4n) is 2.48. The Bertz CT molecular complexity index is 698. The molecule has 1 aliphatic rings.